The van der Waals surface area contributed by atoms with Crippen molar-refractivity contribution in [3.63, 3.8) is 0 Å². The van der Waals surface area contributed by atoms with Crippen LogP contribution in [0.25, 0.3) is 0 Å². The number of ether oxygens (including phenoxy) is 1. The quantitative estimate of drug-likeness (QED) is 0.495. The predicted octanol–water partition coefficient (Wildman–Crippen LogP) is 2.75. The number of hydrogen-bond acceptors (Lipinski definition) is 2. The summed E-state index contributed by atoms with van der Waals surface area (Å²) in [6.07, 6.45) is 3.97. The second kappa shape index (κ2) is 6.72. The molecule has 15 heavy (non-hydrogen) atoms. The van der Waals surface area contributed by atoms with Crippen LogP contribution in [0.2, 0.25) is 0 Å². The fraction of sp³-hybridized carbons (Fsp3) is 1.00. The second-order valence-electron chi connectivity index (χ2n) is 4.53. The van der Waals surface area contributed by atoms with Gasteiger partial charge < -0.3 is 9.64 Å². The Kier molecular flexibility index (Phi) is 5.95. The van der Waals surface area contributed by atoms with Crippen LogP contribution in [0.15, 0.2) is 0 Å². The number of alkyl halides is 1. The standard InChI is InChI=1S/C12H24ClNO/c1-3-12(4-2)5-7-14(11-12)8-10-15-9-6-13/h3-11H2,1-2H3. The molecule has 0 radical (unpaired) electrons. The zero-order valence-corrected chi connectivity index (χ0v) is 10.9. The smallest absolute Gasteiger partial charge is 0.0602 e. The van der Waals surface area contributed by atoms with Crippen LogP contribution in [0.4, 0.5) is 0 Å². The lowest BCUT2D eigenvalue weighted by Gasteiger charge is -2.26. The van der Waals surface area contributed by atoms with Crippen LogP contribution in [-0.2, 0) is 4.74 Å². The van der Waals surface area contributed by atoms with Gasteiger partial charge in [-0.15, -0.1) is 11.6 Å². The van der Waals surface area contributed by atoms with Crippen LogP contribution in [0, 0.1) is 5.41 Å². The molecule has 0 unspecified atom stereocenters. The second-order valence-corrected chi connectivity index (χ2v) is 4.91. The van der Waals surface area contributed by atoms with Crippen molar-refractivity contribution in [1.82, 2.24) is 4.90 Å². The first-order valence-electron chi connectivity index (χ1n) is 6.12. The lowest BCUT2D eigenvalue weighted by Crippen LogP contribution is -2.29. The summed E-state index contributed by atoms with van der Waals surface area (Å²) < 4.78 is 5.41. The molecule has 0 aliphatic carbocycles. The van der Waals surface area contributed by atoms with E-state index in [1.807, 2.05) is 0 Å². The maximum atomic E-state index is 5.55. The van der Waals surface area contributed by atoms with Crippen molar-refractivity contribution in [2.24, 2.45) is 5.41 Å². The highest BCUT2D eigenvalue weighted by atomic mass is 35.5. The zero-order chi connectivity index (χ0) is 11.1. The van der Waals surface area contributed by atoms with Crippen LogP contribution in [-0.4, -0.2) is 43.6 Å². The van der Waals surface area contributed by atoms with Crippen molar-refractivity contribution >= 4 is 11.6 Å². The summed E-state index contributed by atoms with van der Waals surface area (Å²) in [4.78, 5) is 2.53. The van der Waals surface area contributed by atoms with Crippen molar-refractivity contribution in [1.29, 1.82) is 0 Å². The minimum absolute atomic E-state index is 0.590. The molecule has 0 saturated carbocycles. The molecule has 3 heteroatoms. The molecular weight excluding hydrogens is 210 g/mol. The molecule has 1 aliphatic heterocycles. The van der Waals surface area contributed by atoms with Gasteiger partial charge in [-0.3, -0.25) is 0 Å². The predicted molar refractivity (Wildman–Crippen MR) is 65.6 cm³/mol. The average molecular weight is 234 g/mol. The molecule has 1 aliphatic rings. The third-order valence-corrected chi connectivity index (χ3v) is 3.95. The van der Waals surface area contributed by atoms with Gasteiger partial charge in [-0.25, -0.2) is 0 Å². The molecule has 1 rings (SSSR count). The van der Waals surface area contributed by atoms with Gasteiger partial charge in [0.25, 0.3) is 0 Å². The molecule has 2 nitrogen and oxygen atoms in total. The maximum Gasteiger partial charge on any atom is 0.0602 e. The Morgan fingerprint density at radius 3 is 2.53 bits per heavy atom. The van der Waals surface area contributed by atoms with E-state index in [1.54, 1.807) is 0 Å². The minimum Gasteiger partial charge on any atom is -0.379 e. The fourth-order valence-corrected chi connectivity index (χ4v) is 2.51. The van der Waals surface area contributed by atoms with Crippen molar-refractivity contribution in [2.45, 2.75) is 33.1 Å². The van der Waals surface area contributed by atoms with Crippen molar-refractivity contribution < 1.29 is 4.74 Å². The third-order valence-electron chi connectivity index (χ3n) is 3.79. The number of rotatable bonds is 7. The molecular formula is C12H24ClNO. The molecule has 1 fully saturated rings. The lowest BCUT2D eigenvalue weighted by atomic mass is 9.82. The van der Waals surface area contributed by atoms with E-state index in [9.17, 15) is 0 Å². The molecule has 90 valence electrons. The van der Waals surface area contributed by atoms with Gasteiger partial charge in [0.2, 0.25) is 0 Å². The summed E-state index contributed by atoms with van der Waals surface area (Å²) in [5, 5.41) is 0. The number of halogens is 1. The number of likely N-dealkylation sites (tertiary alicyclic amines) is 1. The van der Waals surface area contributed by atoms with Crippen LogP contribution >= 0.6 is 11.6 Å². The van der Waals surface area contributed by atoms with E-state index in [-0.39, 0.29) is 0 Å². The SMILES string of the molecule is CCC1(CC)CCN(CCOCCCl)C1. The zero-order valence-electron chi connectivity index (χ0n) is 10.1. The van der Waals surface area contributed by atoms with E-state index >= 15 is 0 Å². The van der Waals surface area contributed by atoms with E-state index in [4.69, 9.17) is 16.3 Å². The monoisotopic (exact) mass is 233 g/mol. The maximum absolute atomic E-state index is 5.55. The highest BCUT2D eigenvalue weighted by Crippen LogP contribution is 2.36. The Labute approximate surface area is 98.9 Å². The molecule has 0 aromatic carbocycles. The minimum atomic E-state index is 0.590. The normalized spacial score (nSPS) is 21.0. The average Bonchev–Trinajstić information content (AvgIpc) is 2.69. The molecule has 1 saturated heterocycles. The Morgan fingerprint density at radius 1 is 1.27 bits per heavy atom. The molecule has 0 aromatic rings. The molecule has 0 atom stereocenters. The first-order chi connectivity index (χ1) is 7.26. The first kappa shape index (κ1) is 13.3. The van der Waals surface area contributed by atoms with E-state index in [2.05, 4.69) is 18.7 Å². The Hall–Kier alpha value is 0.210. The third kappa shape index (κ3) is 3.93. The van der Waals surface area contributed by atoms with Crippen molar-refractivity contribution in [2.75, 3.05) is 38.7 Å². The van der Waals surface area contributed by atoms with Crippen LogP contribution < -0.4 is 0 Å². The Bertz CT molecular complexity index is 171. The molecule has 0 N–H and O–H groups in total. The van der Waals surface area contributed by atoms with E-state index < -0.39 is 0 Å². The van der Waals surface area contributed by atoms with Gasteiger partial charge in [0.1, 0.15) is 0 Å². The highest BCUT2D eigenvalue weighted by Gasteiger charge is 2.34. The summed E-state index contributed by atoms with van der Waals surface area (Å²) in [5.74, 6) is 0.605. The van der Waals surface area contributed by atoms with Gasteiger partial charge in [-0.2, -0.15) is 0 Å². The topological polar surface area (TPSA) is 12.5 Å². The van der Waals surface area contributed by atoms with Gasteiger partial charge >= 0.3 is 0 Å². The summed E-state index contributed by atoms with van der Waals surface area (Å²) in [7, 11) is 0. The number of nitrogens with zero attached hydrogens (tertiary/aromatic N) is 1. The van der Waals surface area contributed by atoms with E-state index in [0.29, 0.717) is 17.9 Å². The molecule has 0 amide bonds. The highest BCUT2D eigenvalue weighted by molar-refractivity contribution is 6.17. The van der Waals surface area contributed by atoms with Crippen LogP contribution in [0.1, 0.15) is 33.1 Å². The van der Waals surface area contributed by atoms with E-state index in [0.717, 1.165) is 13.2 Å². The largest absolute Gasteiger partial charge is 0.379 e. The van der Waals surface area contributed by atoms with Crippen molar-refractivity contribution in [3.05, 3.63) is 0 Å². The first-order valence-corrected chi connectivity index (χ1v) is 6.66. The summed E-state index contributed by atoms with van der Waals surface area (Å²) in [6.45, 7) is 9.71. The fourth-order valence-electron chi connectivity index (χ4n) is 2.40. The van der Waals surface area contributed by atoms with Gasteiger partial charge in [0, 0.05) is 19.0 Å². The molecule has 0 aromatic heterocycles. The molecule has 0 bridgehead atoms. The van der Waals surface area contributed by atoms with Crippen LogP contribution in [0.5, 0.6) is 0 Å². The lowest BCUT2D eigenvalue weighted by molar-refractivity contribution is 0.117. The van der Waals surface area contributed by atoms with Gasteiger partial charge in [-0.05, 0) is 31.2 Å². The molecule has 1 heterocycles. The van der Waals surface area contributed by atoms with Crippen LogP contribution in [0.3, 0.4) is 0 Å². The Morgan fingerprint density at radius 2 is 2.00 bits per heavy atom. The summed E-state index contributed by atoms with van der Waals surface area (Å²) in [6, 6.07) is 0. The molecule has 0 spiro atoms. The van der Waals surface area contributed by atoms with Gasteiger partial charge in [0.05, 0.1) is 13.2 Å². The van der Waals surface area contributed by atoms with Gasteiger partial charge in [0.15, 0.2) is 0 Å². The van der Waals surface area contributed by atoms with Crippen molar-refractivity contribution in [3.8, 4) is 0 Å². The van der Waals surface area contributed by atoms with Gasteiger partial charge in [-0.1, -0.05) is 13.8 Å². The number of hydrogen-bond donors (Lipinski definition) is 0. The summed E-state index contributed by atoms with van der Waals surface area (Å²) in [5.41, 5.74) is 0.590. The summed E-state index contributed by atoms with van der Waals surface area (Å²) >= 11 is 5.55. The Balaban J connectivity index is 2.18. The van der Waals surface area contributed by atoms with E-state index in [1.165, 1.54) is 32.4 Å².